The summed E-state index contributed by atoms with van der Waals surface area (Å²) in [6.45, 7) is 6.16. The van der Waals surface area contributed by atoms with Gasteiger partial charge in [-0.05, 0) is 89.0 Å². The van der Waals surface area contributed by atoms with E-state index >= 15 is 4.79 Å². The zero-order valence-electron chi connectivity index (χ0n) is 34.6. The lowest BCUT2D eigenvalue weighted by molar-refractivity contribution is -0.235. The van der Waals surface area contributed by atoms with Crippen molar-refractivity contribution >= 4 is 29.8 Å². The highest BCUT2D eigenvalue weighted by molar-refractivity contribution is 5.96. The van der Waals surface area contributed by atoms with E-state index in [0.29, 0.717) is 6.42 Å². The summed E-state index contributed by atoms with van der Waals surface area (Å²) >= 11 is 0. The first-order valence-corrected chi connectivity index (χ1v) is 21.3. The van der Waals surface area contributed by atoms with Gasteiger partial charge in [0.1, 0.15) is 47.2 Å². The average Bonchev–Trinajstić information content (AvgIpc) is 4.15. The fraction of sp³-hybridized carbons (Fsp3) is 0.600. The van der Waals surface area contributed by atoms with Crippen LogP contribution in [-0.2, 0) is 55.9 Å². The van der Waals surface area contributed by atoms with Gasteiger partial charge in [0, 0.05) is 24.7 Å². The summed E-state index contributed by atoms with van der Waals surface area (Å²) in [6.07, 6.45) is 3.41. The summed E-state index contributed by atoms with van der Waals surface area (Å²) < 4.78 is 25.3. The standard InChI is InChI=1S/C45H57N3O12/c1-25(50)35(40(53)46-31(24-49)20-21-34(52)57-43(2,3)4)47-42(55)44-22-33-36-37(59-45(58-36,29-16-17-29)30-18-19-30)39(44)60-48(38(44)41(54)56-33)23-28-12-6-5-10-26(28)13-9-14-27-11-7-8-15-32(27)51/h5-13,15,25,29-31,33,35-39,49-51H,14,16-24H2,1-4H3,(H,46,53)(H,47,55). The van der Waals surface area contributed by atoms with E-state index in [0.717, 1.165) is 42.4 Å². The van der Waals surface area contributed by atoms with Gasteiger partial charge in [0.25, 0.3) is 0 Å². The van der Waals surface area contributed by atoms with Crippen molar-refractivity contribution in [1.29, 1.82) is 0 Å². The predicted molar refractivity (Wildman–Crippen MR) is 214 cm³/mol. The maximum absolute atomic E-state index is 15.1. The van der Waals surface area contributed by atoms with Gasteiger partial charge in [-0.25, -0.2) is 0 Å². The van der Waals surface area contributed by atoms with E-state index in [2.05, 4.69) is 10.6 Å². The number of hydrogen-bond donors (Lipinski definition) is 5. The van der Waals surface area contributed by atoms with Gasteiger partial charge in [-0.2, -0.15) is 5.06 Å². The molecule has 2 bridgehead atoms. The Kier molecular flexibility index (Phi) is 11.6. The Morgan fingerprint density at radius 1 is 0.983 bits per heavy atom. The minimum atomic E-state index is -1.62. The topological polar surface area (TPSA) is 202 Å². The molecule has 3 saturated carbocycles. The minimum absolute atomic E-state index is 0.0256. The van der Waals surface area contributed by atoms with Crippen molar-refractivity contribution in [3.8, 4) is 5.75 Å². The molecular weight excluding hydrogens is 775 g/mol. The van der Waals surface area contributed by atoms with Crippen LogP contribution in [0.25, 0.3) is 6.08 Å². The van der Waals surface area contributed by atoms with Crippen molar-refractivity contribution in [2.45, 2.75) is 146 Å². The van der Waals surface area contributed by atoms with Crippen molar-refractivity contribution in [2.24, 2.45) is 17.3 Å². The van der Waals surface area contributed by atoms with Crippen LogP contribution in [0.4, 0.5) is 0 Å². The Labute approximate surface area is 349 Å². The van der Waals surface area contributed by atoms with Crippen molar-refractivity contribution in [1.82, 2.24) is 15.7 Å². The van der Waals surface area contributed by atoms with Gasteiger partial charge in [0.2, 0.25) is 11.8 Å². The SMILES string of the molecule is CC(O)C(NC(=O)C12CC3OC(=O)C1N(Cc1ccccc1C=CCc1ccccc1O)OC2C1OC(C2CC2)(C2CC2)OC31)C(=O)NC(CO)CCC(=O)OC(C)(C)C. The number of phenolic OH excluding ortho intramolecular Hbond substituents is 1. The zero-order chi connectivity index (χ0) is 42.6. The second-order valence-corrected chi connectivity index (χ2v) is 18.3. The molecule has 8 rings (SSSR count). The third-order valence-electron chi connectivity index (χ3n) is 12.7. The number of rotatable bonds is 16. The van der Waals surface area contributed by atoms with Crippen LogP contribution in [0.5, 0.6) is 5.75 Å². The molecule has 3 saturated heterocycles. The second kappa shape index (κ2) is 16.5. The van der Waals surface area contributed by atoms with E-state index in [1.807, 2.05) is 48.6 Å². The number of carbonyl (C=O) groups is 4. The lowest BCUT2D eigenvalue weighted by Gasteiger charge is -2.49. The third-order valence-corrected chi connectivity index (χ3v) is 12.7. The van der Waals surface area contributed by atoms with Crippen molar-refractivity contribution < 1.29 is 58.3 Å². The van der Waals surface area contributed by atoms with Gasteiger partial charge >= 0.3 is 11.9 Å². The smallest absolute Gasteiger partial charge is 0.327 e. The molecular formula is C45H57N3O12. The lowest BCUT2D eigenvalue weighted by Crippen LogP contribution is -2.71. The molecule has 3 aliphatic carbocycles. The van der Waals surface area contributed by atoms with E-state index in [-0.39, 0.29) is 43.4 Å². The van der Waals surface area contributed by atoms with Crippen LogP contribution in [0.3, 0.4) is 0 Å². The zero-order valence-corrected chi connectivity index (χ0v) is 34.6. The van der Waals surface area contributed by atoms with E-state index in [4.69, 9.17) is 23.8 Å². The first-order valence-electron chi connectivity index (χ1n) is 21.3. The molecule has 3 heterocycles. The van der Waals surface area contributed by atoms with Gasteiger partial charge in [-0.3, -0.25) is 24.0 Å². The number of hydrogen-bond acceptors (Lipinski definition) is 13. The van der Waals surface area contributed by atoms with Gasteiger partial charge in [-0.15, -0.1) is 0 Å². The molecule has 0 spiro atoms. The molecule has 0 aromatic heterocycles. The fourth-order valence-electron chi connectivity index (χ4n) is 9.54. The van der Waals surface area contributed by atoms with Crippen LogP contribution in [0, 0.1) is 17.3 Å². The molecule has 6 aliphatic rings. The van der Waals surface area contributed by atoms with E-state index < -0.39 is 95.8 Å². The van der Waals surface area contributed by atoms with E-state index in [1.165, 1.54) is 12.0 Å². The Balaban J connectivity index is 1.07. The number of aliphatic hydroxyl groups excluding tert-OH is 2. The quantitative estimate of drug-likeness (QED) is 0.155. The van der Waals surface area contributed by atoms with E-state index in [9.17, 15) is 29.7 Å². The number of esters is 2. The predicted octanol–water partition coefficient (Wildman–Crippen LogP) is 3.21. The molecule has 60 heavy (non-hydrogen) atoms. The summed E-state index contributed by atoms with van der Waals surface area (Å²) in [4.78, 5) is 62.5. The highest BCUT2D eigenvalue weighted by Gasteiger charge is 2.78. The molecule has 6 fully saturated rings. The molecule has 0 radical (unpaired) electrons. The number of allylic oxidation sites excluding steroid dienone is 1. The van der Waals surface area contributed by atoms with Gasteiger partial charge < -0.3 is 44.9 Å². The van der Waals surface area contributed by atoms with Crippen LogP contribution in [0.2, 0.25) is 0 Å². The van der Waals surface area contributed by atoms with Gasteiger partial charge in [0.05, 0.1) is 25.3 Å². The van der Waals surface area contributed by atoms with Crippen LogP contribution < -0.4 is 10.6 Å². The van der Waals surface area contributed by atoms with Crippen LogP contribution >= 0.6 is 0 Å². The molecule has 9 atom stereocenters. The van der Waals surface area contributed by atoms with Crippen LogP contribution in [0.1, 0.15) is 89.3 Å². The number of nitrogens with zero attached hydrogens (tertiary/aromatic N) is 1. The maximum Gasteiger partial charge on any atom is 0.327 e. The number of nitrogens with one attached hydrogen (secondary N) is 2. The number of hydroxylamine groups is 2. The average molecular weight is 832 g/mol. The molecule has 2 amide bonds. The van der Waals surface area contributed by atoms with Crippen LogP contribution in [0.15, 0.2) is 54.6 Å². The van der Waals surface area contributed by atoms with Crippen molar-refractivity contribution in [2.75, 3.05) is 6.61 Å². The fourth-order valence-corrected chi connectivity index (χ4v) is 9.54. The Hall–Kier alpha value is -4.38. The summed E-state index contributed by atoms with van der Waals surface area (Å²) in [5.41, 5.74) is 0.0690. The largest absolute Gasteiger partial charge is 0.508 e. The number of benzene rings is 2. The maximum atomic E-state index is 15.1. The summed E-state index contributed by atoms with van der Waals surface area (Å²) in [5, 5.41) is 38.3. The first kappa shape index (κ1) is 42.3. The van der Waals surface area contributed by atoms with E-state index in [1.54, 1.807) is 32.9 Å². The Morgan fingerprint density at radius 3 is 2.30 bits per heavy atom. The molecule has 15 heteroatoms. The highest BCUT2D eigenvalue weighted by Crippen LogP contribution is 2.64. The summed E-state index contributed by atoms with van der Waals surface area (Å²) in [7, 11) is 0. The Morgan fingerprint density at radius 2 is 1.65 bits per heavy atom. The molecule has 2 aromatic rings. The number of ether oxygens (including phenoxy) is 4. The first-order chi connectivity index (χ1) is 28.6. The monoisotopic (exact) mass is 831 g/mol. The molecule has 324 valence electrons. The van der Waals surface area contributed by atoms with Crippen molar-refractivity contribution in [3.63, 3.8) is 0 Å². The second-order valence-electron chi connectivity index (χ2n) is 18.3. The highest BCUT2D eigenvalue weighted by atomic mass is 16.8. The number of carbonyl (C=O) groups excluding carboxylic acids is 4. The summed E-state index contributed by atoms with van der Waals surface area (Å²) in [6, 6.07) is 11.1. The number of para-hydroxylation sites is 1. The van der Waals surface area contributed by atoms with Gasteiger partial charge in [0.15, 0.2) is 11.8 Å². The number of aromatic hydroxyl groups is 1. The summed E-state index contributed by atoms with van der Waals surface area (Å²) in [5.74, 6) is -2.95. The third kappa shape index (κ3) is 8.19. The number of aliphatic hydroxyl groups is 2. The molecule has 3 aliphatic heterocycles. The van der Waals surface area contributed by atoms with Crippen LogP contribution in [-0.4, -0.2) is 111 Å². The number of fused-ring (bicyclic) bond motifs is 4. The minimum Gasteiger partial charge on any atom is -0.508 e. The molecule has 5 N–H and O–H groups in total. The Bertz CT molecular complexity index is 1980. The molecule has 15 nitrogen and oxygen atoms in total. The number of amides is 2. The normalized spacial score (nSPS) is 29.6. The molecule has 2 aromatic carbocycles. The molecule has 9 unspecified atom stereocenters. The van der Waals surface area contributed by atoms with Crippen molar-refractivity contribution in [3.05, 3.63) is 71.3 Å². The number of phenols is 1. The van der Waals surface area contributed by atoms with Gasteiger partial charge in [-0.1, -0.05) is 54.6 Å². The lowest BCUT2D eigenvalue weighted by atomic mass is 9.62.